The van der Waals surface area contributed by atoms with Crippen molar-refractivity contribution in [1.29, 1.82) is 0 Å². The van der Waals surface area contributed by atoms with Crippen LogP contribution in [-0.4, -0.2) is 42.4 Å². The maximum atomic E-state index is 13.9. The lowest BCUT2D eigenvalue weighted by Crippen LogP contribution is -2.46. The number of nitrogens with zero attached hydrogens (tertiary/aromatic N) is 3. The van der Waals surface area contributed by atoms with Crippen LogP contribution in [0.4, 0.5) is 17.1 Å². The lowest BCUT2D eigenvalue weighted by atomic mass is 9.67. The van der Waals surface area contributed by atoms with E-state index in [9.17, 15) is 9.59 Å². The van der Waals surface area contributed by atoms with E-state index in [-0.39, 0.29) is 28.7 Å². The van der Waals surface area contributed by atoms with Gasteiger partial charge in [-0.2, -0.15) is 0 Å². The molecule has 2 amide bonds. The molecule has 2 aliphatic rings. The van der Waals surface area contributed by atoms with Crippen LogP contribution in [0.5, 0.6) is 0 Å². The largest absolute Gasteiger partial charge is 0.372 e. The molecule has 5 rings (SSSR count). The summed E-state index contributed by atoms with van der Waals surface area (Å²) in [6, 6.07) is 26.4. The molecule has 6 nitrogen and oxygen atoms in total. The van der Waals surface area contributed by atoms with Crippen LogP contribution in [0.3, 0.4) is 0 Å². The highest BCUT2D eigenvalue weighted by Gasteiger charge is 2.42. The molecular weight excluding hydrogens is 568 g/mol. The van der Waals surface area contributed by atoms with E-state index < -0.39 is 5.41 Å². The Labute approximate surface area is 275 Å². The van der Waals surface area contributed by atoms with Gasteiger partial charge in [-0.25, -0.2) is 0 Å². The van der Waals surface area contributed by atoms with Gasteiger partial charge in [0.05, 0.1) is 0 Å². The van der Waals surface area contributed by atoms with Gasteiger partial charge in [-0.15, -0.1) is 0 Å². The Kier molecular flexibility index (Phi) is 8.96. The van der Waals surface area contributed by atoms with Gasteiger partial charge in [0.2, 0.25) is 0 Å². The van der Waals surface area contributed by atoms with Gasteiger partial charge in [-0.3, -0.25) is 9.59 Å². The van der Waals surface area contributed by atoms with Crippen molar-refractivity contribution in [2.75, 3.05) is 35.3 Å². The summed E-state index contributed by atoms with van der Waals surface area (Å²) < 4.78 is 0. The number of rotatable bonds is 6. The maximum absolute atomic E-state index is 13.9. The molecule has 0 aliphatic carbocycles. The number of benzene rings is 3. The fourth-order valence-electron chi connectivity index (χ4n) is 6.53. The van der Waals surface area contributed by atoms with Crippen LogP contribution < -0.4 is 15.1 Å². The van der Waals surface area contributed by atoms with Crippen molar-refractivity contribution in [2.45, 2.75) is 73.3 Å². The number of amides is 2. The first-order valence-corrected chi connectivity index (χ1v) is 16.4. The van der Waals surface area contributed by atoms with E-state index in [1.807, 2.05) is 55.7 Å². The number of likely N-dealkylation sites (N-methyl/N-ethyl adjacent to an activating group) is 1. The molecule has 0 bridgehead atoms. The predicted octanol–water partition coefficient (Wildman–Crippen LogP) is 8.52. The molecule has 0 saturated carbocycles. The zero-order valence-electron chi connectivity index (χ0n) is 29.0. The molecule has 242 valence electrons. The Hall–Kier alpha value is -4.32. The Balaban J connectivity index is 1.45. The first-order valence-electron chi connectivity index (χ1n) is 16.4. The second kappa shape index (κ2) is 12.5. The Morgan fingerprint density at radius 1 is 0.848 bits per heavy atom. The summed E-state index contributed by atoms with van der Waals surface area (Å²) in [7, 11) is 1.86. The summed E-state index contributed by atoms with van der Waals surface area (Å²) in [6.07, 6.45) is 5.02. The minimum Gasteiger partial charge on any atom is -0.372 e. The second-order valence-corrected chi connectivity index (χ2v) is 15.1. The van der Waals surface area contributed by atoms with Crippen LogP contribution in [0.25, 0.3) is 0 Å². The van der Waals surface area contributed by atoms with Crippen molar-refractivity contribution < 1.29 is 9.59 Å². The first kappa shape index (κ1) is 33.1. The summed E-state index contributed by atoms with van der Waals surface area (Å²) >= 11 is 0. The number of carbonyl (C=O) groups excluding carboxylic acids is 2. The van der Waals surface area contributed by atoms with E-state index >= 15 is 0 Å². The monoisotopic (exact) mass is 618 g/mol. The summed E-state index contributed by atoms with van der Waals surface area (Å²) in [6.45, 7) is 18.9. The van der Waals surface area contributed by atoms with Crippen LogP contribution >= 0.6 is 0 Å². The van der Waals surface area contributed by atoms with E-state index in [1.165, 1.54) is 5.56 Å². The van der Waals surface area contributed by atoms with Gasteiger partial charge in [0.1, 0.15) is 0 Å². The number of hydrogen-bond donors (Lipinski definition) is 1. The first-order chi connectivity index (χ1) is 21.6. The van der Waals surface area contributed by atoms with E-state index in [1.54, 1.807) is 4.90 Å². The maximum Gasteiger partial charge on any atom is 0.255 e. The summed E-state index contributed by atoms with van der Waals surface area (Å²) in [5, 5.41) is 3.12. The summed E-state index contributed by atoms with van der Waals surface area (Å²) in [5.41, 5.74) is 5.82. The van der Waals surface area contributed by atoms with Gasteiger partial charge in [0.25, 0.3) is 11.8 Å². The minimum absolute atomic E-state index is 0.0192. The van der Waals surface area contributed by atoms with E-state index in [4.69, 9.17) is 0 Å². The van der Waals surface area contributed by atoms with Gasteiger partial charge in [0, 0.05) is 77.6 Å². The molecule has 0 radical (unpaired) electrons. The van der Waals surface area contributed by atoms with Gasteiger partial charge in [-0.05, 0) is 81.5 Å². The molecule has 3 aromatic rings. The van der Waals surface area contributed by atoms with Gasteiger partial charge in [-0.1, -0.05) is 75.7 Å². The number of aryl methyl sites for hydroxylation is 1. The molecule has 0 saturated heterocycles. The molecule has 0 spiro atoms. The number of nitrogens with one attached hydrogen (secondary N) is 1. The van der Waals surface area contributed by atoms with Gasteiger partial charge >= 0.3 is 0 Å². The Bertz CT molecular complexity index is 1630. The number of anilines is 3. The normalized spacial score (nSPS) is 19.2. The topological polar surface area (TPSA) is 55.9 Å². The third-order valence-corrected chi connectivity index (χ3v) is 9.94. The zero-order valence-corrected chi connectivity index (χ0v) is 29.0. The number of carbonyl (C=O) groups is 2. The van der Waals surface area contributed by atoms with Crippen molar-refractivity contribution in [3.05, 3.63) is 114 Å². The molecule has 3 aromatic carbocycles. The van der Waals surface area contributed by atoms with E-state index in [2.05, 4.69) is 113 Å². The number of para-hydroxylation sites is 1. The van der Waals surface area contributed by atoms with Crippen molar-refractivity contribution in [2.24, 2.45) is 10.8 Å². The van der Waals surface area contributed by atoms with E-state index in [0.29, 0.717) is 0 Å². The molecule has 46 heavy (non-hydrogen) atoms. The molecule has 6 heteroatoms. The lowest BCUT2D eigenvalue weighted by molar-refractivity contribution is -0.116. The van der Waals surface area contributed by atoms with Crippen molar-refractivity contribution >= 4 is 28.9 Å². The SMILES string of the molecule is Cc1ccc(N2C=C(C(=O)Nc3ccccc3)C(C)(C)C(c3ccc(N(C)C(=O)C4=CN(C(C)(C)C)CCC4(C)C)cc3)C2)cc1. The average molecular weight is 619 g/mol. The minimum atomic E-state index is -0.462. The smallest absolute Gasteiger partial charge is 0.255 e. The molecule has 2 aliphatic heterocycles. The van der Waals surface area contributed by atoms with Crippen LogP contribution in [0.15, 0.2) is 102 Å². The molecule has 2 heterocycles. The molecule has 0 aromatic heterocycles. The lowest BCUT2D eigenvalue weighted by Gasteiger charge is -2.44. The second-order valence-electron chi connectivity index (χ2n) is 15.1. The molecule has 1 unspecified atom stereocenters. The Morgan fingerprint density at radius 3 is 2.09 bits per heavy atom. The highest BCUT2D eigenvalue weighted by atomic mass is 16.2. The average Bonchev–Trinajstić information content (AvgIpc) is 3.00. The van der Waals surface area contributed by atoms with Crippen molar-refractivity contribution in [3.8, 4) is 0 Å². The van der Waals surface area contributed by atoms with Crippen LogP contribution in [-0.2, 0) is 9.59 Å². The van der Waals surface area contributed by atoms with Crippen molar-refractivity contribution in [3.63, 3.8) is 0 Å². The fourth-order valence-corrected chi connectivity index (χ4v) is 6.53. The summed E-state index contributed by atoms with van der Waals surface area (Å²) in [5.74, 6) is -0.0589. The highest BCUT2D eigenvalue weighted by molar-refractivity contribution is 6.06. The fraction of sp³-hybridized carbons (Fsp3) is 0.400. The third-order valence-electron chi connectivity index (χ3n) is 9.94. The standard InChI is InChI=1S/C40H50N4O2/c1-28-15-19-32(20-16-28)43-25-33(40(7,8)34(26-43)36(45)41-30-13-11-10-12-14-30)29-17-21-31(22-18-29)42(9)37(46)35-27-44(38(2,3)4)24-23-39(35,5)6/h10-22,26-27,33H,23-25H2,1-9H3,(H,41,45). The number of hydrogen-bond acceptors (Lipinski definition) is 4. The molecular formula is C40H50N4O2. The van der Waals surface area contributed by atoms with Crippen LogP contribution in [0.1, 0.15) is 71.9 Å². The van der Waals surface area contributed by atoms with E-state index in [0.717, 1.165) is 53.3 Å². The molecule has 0 fully saturated rings. The van der Waals surface area contributed by atoms with Gasteiger partial charge in [0.15, 0.2) is 0 Å². The third kappa shape index (κ3) is 6.76. The summed E-state index contributed by atoms with van der Waals surface area (Å²) in [4.78, 5) is 34.0. The van der Waals surface area contributed by atoms with Crippen LogP contribution in [0, 0.1) is 17.8 Å². The quantitative estimate of drug-likeness (QED) is 0.301. The zero-order chi connectivity index (χ0) is 33.4. The van der Waals surface area contributed by atoms with Gasteiger partial charge < -0.3 is 20.0 Å². The van der Waals surface area contributed by atoms with Crippen LogP contribution in [0.2, 0.25) is 0 Å². The molecule has 1 atom stereocenters. The highest BCUT2D eigenvalue weighted by Crippen LogP contribution is 2.47. The Morgan fingerprint density at radius 2 is 1.48 bits per heavy atom. The predicted molar refractivity (Wildman–Crippen MR) is 191 cm³/mol. The van der Waals surface area contributed by atoms with Crippen molar-refractivity contribution in [1.82, 2.24) is 4.90 Å². The molecule has 1 N–H and O–H groups in total.